The largest absolute Gasteiger partial charge is 0.469 e. The smallest absolute Gasteiger partial charge is 0.235 e. The average molecular weight is 325 g/mol. The Kier molecular flexibility index (Phi) is 4.74. The Bertz CT molecular complexity index is 781. The summed E-state index contributed by atoms with van der Waals surface area (Å²) >= 11 is 0. The molecule has 0 fully saturated rings. The molecule has 0 saturated heterocycles. The molecule has 0 spiro atoms. The van der Waals surface area contributed by atoms with Crippen molar-refractivity contribution in [3.05, 3.63) is 71.8 Å². The molecule has 24 heavy (non-hydrogen) atoms. The number of hydrogen-bond acceptors (Lipinski definition) is 5. The van der Waals surface area contributed by atoms with Crippen molar-refractivity contribution in [2.75, 3.05) is 7.05 Å². The molecule has 0 aliphatic heterocycles. The van der Waals surface area contributed by atoms with Crippen molar-refractivity contribution in [2.24, 2.45) is 0 Å². The number of amides is 1. The van der Waals surface area contributed by atoms with Crippen molar-refractivity contribution in [1.82, 2.24) is 15.1 Å². The maximum Gasteiger partial charge on any atom is 0.235 e. The minimum absolute atomic E-state index is 0.0175. The number of carbonyl (C=O) groups excluding carboxylic acids is 1. The Balaban J connectivity index is 1.73. The van der Waals surface area contributed by atoms with E-state index in [0.717, 1.165) is 11.3 Å². The van der Waals surface area contributed by atoms with Crippen LogP contribution in [0.1, 0.15) is 35.4 Å². The number of aromatic nitrogens is 2. The first-order chi connectivity index (χ1) is 11.6. The van der Waals surface area contributed by atoms with Gasteiger partial charge in [-0.2, -0.15) is 0 Å². The monoisotopic (exact) mass is 325 g/mol. The van der Waals surface area contributed by atoms with Crippen molar-refractivity contribution < 1.29 is 13.6 Å². The first-order valence-corrected chi connectivity index (χ1v) is 7.75. The lowest BCUT2D eigenvalue weighted by Crippen LogP contribution is -2.28. The number of carbonyl (C=O) groups is 1. The minimum atomic E-state index is -0.124. The van der Waals surface area contributed by atoms with Gasteiger partial charge in [-0.3, -0.25) is 4.79 Å². The summed E-state index contributed by atoms with van der Waals surface area (Å²) in [4.78, 5) is 14.2. The number of aryl methyl sites for hydroxylation is 1. The average Bonchev–Trinajstić information content (AvgIpc) is 3.25. The molecule has 3 aromatic rings. The number of furan rings is 1. The van der Waals surface area contributed by atoms with E-state index in [0.29, 0.717) is 24.7 Å². The van der Waals surface area contributed by atoms with Gasteiger partial charge in [0, 0.05) is 20.4 Å². The van der Waals surface area contributed by atoms with E-state index in [1.54, 1.807) is 25.1 Å². The van der Waals surface area contributed by atoms with E-state index < -0.39 is 0 Å². The summed E-state index contributed by atoms with van der Waals surface area (Å²) < 4.78 is 10.9. The van der Waals surface area contributed by atoms with Crippen molar-refractivity contribution in [3.63, 3.8) is 0 Å². The van der Waals surface area contributed by atoms with Crippen LogP contribution in [-0.4, -0.2) is 28.1 Å². The number of hydrogen-bond donors (Lipinski definition) is 0. The molecule has 2 heterocycles. The van der Waals surface area contributed by atoms with Crippen LogP contribution in [-0.2, 0) is 11.3 Å². The van der Waals surface area contributed by atoms with Gasteiger partial charge >= 0.3 is 0 Å². The van der Waals surface area contributed by atoms with E-state index in [-0.39, 0.29) is 11.8 Å². The molecule has 3 rings (SSSR count). The third kappa shape index (κ3) is 3.71. The van der Waals surface area contributed by atoms with Gasteiger partial charge in [0.05, 0.1) is 18.7 Å². The quantitative estimate of drug-likeness (QED) is 0.696. The standard InChI is InChI=1S/C18H19N3O3/c1-13-19-20-17(24-13)12-21(2)18(22)11-15(16-9-6-10-23-16)14-7-4-3-5-8-14/h3-10,15H,11-12H2,1-2H3. The molecule has 1 aromatic carbocycles. The van der Waals surface area contributed by atoms with Gasteiger partial charge < -0.3 is 13.7 Å². The van der Waals surface area contributed by atoms with E-state index in [1.807, 2.05) is 42.5 Å². The fraction of sp³-hybridized carbons (Fsp3) is 0.278. The summed E-state index contributed by atoms with van der Waals surface area (Å²) in [5.74, 6) is 1.55. The van der Waals surface area contributed by atoms with Crippen LogP contribution < -0.4 is 0 Å². The zero-order valence-corrected chi connectivity index (χ0v) is 13.7. The summed E-state index contributed by atoms with van der Waals surface area (Å²) in [7, 11) is 1.73. The van der Waals surface area contributed by atoms with Crippen molar-refractivity contribution >= 4 is 5.91 Å². The maximum absolute atomic E-state index is 12.6. The summed E-state index contributed by atoms with van der Waals surface area (Å²) in [5.41, 5.74) is 1.04. The molecule has 0 aliphatic carbocycles. The van der Waals surface area contributed by atoms with Gasteiger partial charge in [-0.25, -0.2) is 0 Å². The van der Waals surface area contributed by atoms with Crippen LogP contribution in [0.3, 0.4) is 0 Å². The fourth-order valence-corrected chi connectivity index (χ4v) is 2.58. The van der Waals surface area contributed by atoms with E-state index >= 15 is 0 Å². The molecule has 124 valence electrons. The topological polar surface area (TPSA) is 72.4 Å². The second-order valence-electron chi connectivity index (χ2n) is 5.65. The van der Waals surface area contributed by atoms with Gasteiger partial charge in [-0.15, -0.1) is 10.2 Å². The van der Waals surface area contributed by atoms with E-state index in [2.05, 4.69) is 10.2 Å². The summed E-state index contributed by atoms with van der Waals surface area (Å²) in [6.07, 6.45) is 1.93. The van der Waals surface area contributed by atoms with Crippen LogP contribution in [0.4, 0.5) is 0 Å². The first kappa shape index (κ1) is 16.0. The Morgan fingerprint density at radius 1 is 1.17 bits per heavy atom. The first-order valence-electron chi connectivity index (χ1n) is 7.75. The SMILES string of the molecule is Cc1nnc(CN(C)C(=O)CC(c2ccccc2)c2ccco2)o1. The number of nitrogens with zero attached hydrogens (tertiary/aromatic N) is 3. The molecule has 6 nitrogen and oxygen atoms in total. The fourth-order valence-electron chi connectivity index (χ4n) is 2.58. The predicted octanol–water partition coefficient (Wildman–Crippen LogP) is 3.15. The molecule has 6 heteroatoms. The van der Waals surface area contributed by atoms with Gasteiger partial charge in [-0.05, 0) is 17.7 Å². The lowest BCUT2D eigenvalue weighted by atomic mass is 9.93. The predicted molar refractivity (Wildman–Crippen MR) is 87.1 cm³/mol. The molecular weight excluding hydrogens is 306 g/mol. The molecule has 0 radical (unpaired) electrons. The Hall–Kier alpha value is -2.89. The second kappa shape index (κ2) is 7.12. The van der Waals surface area contributed by atoms with Crippen molar-refractivity contribution in [2.45, 2.75) is 25.8 Å². The van der Waals surface area contributed by atoms with Crippen LogP contribution in [0.25, 0.3) is 0 Å². The zero-order valence-electron chi connectivity index (χ0n) is 13.7. The molecule has 0 saturated carbocycles. The molecule has 2 aromatic heterocycles. The van der Waals surface area contributed by atoms with Gasteiger partial charge in [-0.1, -0.05) is 30.3 Å². The highest BCUT2D eigenvalue weighted by Crippen LogP contribution is 2.29. The molecule has 0 N–H and O–H groups in total. The van der Waals surface area contributed by atoms with E-state index in [1.165, 1.54) is 0 Å². The third-order valence-electron chi connectivity index (χ3n) is 3.83. The molecule has 0 bridgehead atoms. The van der Waals surface area contributed by atoms with Crippen molar-refractivity contribution in [3.8, 4) is 0 Å². The highest BCUT2D eigenvalue weighted by Gasteiger charge is 2.23. The Labute approximate surface area is 140 Å². The molecule has 1 atom stereocenters. The van der Waals surface area contributed by atoms with Crippen LogP contribution in [0.2, 0.25) is 0 Å². The van der Waals surface area contributed by atoms with E-state index in [4.69, 9.17) is 8.83 Å². The minimum Gasteiger partial charge on any atom is -0.469 e. The van der Waals surface area contributed by atoms with Gasteiger partial charge in [0.25, 0.3) is 0 Å². The van der Waals surface area contributed by atoms with Crippen LogP contribution in [0.15, 0.2) is 57.6 Å². The van der Waals surface area contributed by atoms with Gasteiger partial charge in [0.2, 0.25) is 17.7 Å². The van der Waals surface area contributed by atoms with Gasteiger partial charge in [0.1, 0.15) is 5.76 Å². The number of benzene rings is 1. The normalized spacial score (nSPS) is 12.1. The van der Waals surface area contributed by atoms with Crippen LogP contribution in [0.5, 0.6) is 0 Å². The van der Waals surface area contributed by atoms with Crippen LogP contribution >= 0.6 is 0 Å². The lowest BCUT2D eigenvalue weighted by molar-refractivity contribution is -0.131. The van der Waals surface area contributed by atoms with Gasteiger partial charge in [0.15, 0.2) is 0 Å². The number of rotatable bonds is 6. The lowest BCUT2D eigenvalue weighted by Gasteiger charge is -2.19. The second-order valence-corrected chi connectivity index (χ2v) is 5.65. The molecular formula is C18H19N3O3. The van der Waals surface area contributed by atoms with Crippen LogP contribution in [0, 0.1) is 6.92 Å². The third-order valence-corrected chi connectivity index (χ3v) is 3.83. The van der Waals surface area contributed by atoms with E-state index in [9.17, 15) is 4.79 Å². The summed E-state index contributed by atoms with van der Waals surface area (Å²) in [5, 5.41) is 7.70. The zero-order chi connectivity index (χ0) is 16.9. The molecule has 1 unspecified atom stereocenters. The Morgan fingerprint density at radius 3 is 2.58 bits per heavy atom. The van der Waals surface area contributed by atoms with Crippen molar-refractivity contribution in [1.29, 1.82) is 0 Å². The Morgan fingerprint density at radius 2 is 1.96 bits per heavy atom. The summed E-state index contributed by atoms with van der Waals surface area (Å²) in [6.45, 7) is 2.01. The summed E-state index contributed by atoms with van der Waals surface area (Å²) in [6, 6.07) is 13.6. The molecule has 0 aliphatic rings. The maximum atomic E-state index is 12.6. The highest BCUT2D eigenvalue weighted by atomic mass is 16.4. The molecule has 1 amide bonds. The highest BCUT2D eigenvalue weighted by molar-refractivity contribution is 5.77.